The molecule has 0 bridgehead atoms. The number of nitrogens with zero attached hydrogens (tertiary/aromatic N) is 4. The molecule has 29 heavy (non-hydrogen) atoms. The van der Waals surface area contributed by atoms with Gasteiger partial charge in [0.1, 0.15) is 0 Å². The van der Waals surface area contributed by atoms with Gasteiger partial charge in [0.05, 0.1) is 12.6 Å². The molecule has 0 aromatic rings. The van der Waals surface area contributed by atoms with Gasteiger partial charge in [-0.3, -0.25) is 19.5 Å². The first-order valence-corrected chi connectivity index (χ1v) is 10.8. The van der Waals surface area contributed by atoms with E-state index in [0.717, 1.165) is 64.6 Å². The summed E-state index contributed by atoms with van der Waals surface area (Å²) in [5.74, 6) is 1.22. The Morgan fingerprint density at radius 2 is 1.55 bits per heavy atom. The predicted octanol–water partition coefficient (Wildman–Crippen LogP) is 0.971. The van der Waals surface area contributed by atoms with Crippen LogP contribution in [0.1, 0.15) is 40.5 Å². The van der Waals surface area contributed by atoms with Crippen LogP contribution in [-0.2, 0) is 9.59 Å². The Labute approximate surface area is 192 Å². The van der Waals surface area contributed by atoms with Crippen LogP contribution >= 0.6 is 24.0 Å². The highest BCUT2D eigenvalue weighted by atomic mass is 127. The number of carbonyl (C=O) groups excluding carboxylic acids is 2. The normalized spacial score (nSPS) is 19.1. The quantitative estimate of drug-likeness (QED) is 0.226. The Morgan fingerprint density at radius 3 is 2.10 bits per heavy atom. The van der Waals surface area contributed by atoms with Crippen molar-refractivity contribution in [2.75, 3.05) is 58.9 Å². The van der Waals surface area contributed by atoms with Crippen LogP contribution in [0.2, 0.25) is 0 Å². The van der Waals surface area contributed by atoms with Gasteiger partial charge < -0.3 is 20.4 Å². The molecule has 168 valence electrons. The Hall–Kier alpha value is -1.10. The fourth-order valence-corrected chi connectivity index (χ4v) is 3.65. The van der Waals surface area contributed by atoms with E-state index in [0.29, 0.717) is 13.1 Å². The van der Waals surface area contributed by atoms with Crippen molar-refractivity contribution in [3.8, 4) is 0 Å². The van der Waals surface area contributed by atoms with Crippen LogP contribution in [0.5, 0.6) is 0 Å². The Balaban J connectivity index is 0.00000420. The second kappa shape index (κ2) is 13.3. The van der Waals surface area contributed by atoms with Crippen molar-refractivity contribution in [2.45, 2.75) is 46.6 Å². The lowest BCUT2D eigenvalue weighted by atomic mass is 10.2. The van der Waals surface area contributed by atoms with Crippen LogP contribution in [-0.4, -0.2) is 97.4 Å². The molecule has 9 heteroatoms. The number of nitrogens with one attached hydrogen (secondary N) is 2. The Kier molecular flexibility index (Phi) is 11.9. The van der Waals surface area contributed by atoms with Crippen molar-refractivity contribution < 1.29 is 9.59 Å². The number of hydrogen-bond acceptors (Lipinski definition) is 4. The Bertz CT molecular complexity index is 543. The van der Waals surface area contributed by atoms with Gasteiger partial charge in [-0.15, -0.1) is 24.0 Å². The van der Waals surface area contributed by atoms with Crippen LogP contribution in [0.4, 0.5) is 0 Å². The zero-order chi connectivity index (χ0) is 20.5. The van der Waals surface area contributed by atoms with E-state index < -0.39 is 0 Å². The zero-order valence-electron chi connectivity index (χ0n) is 18.4. The van der Waals surface area contributed by atoms with Gasteiger partial charge in [0.2, 0.25) is 11.8 Å². The predicted molar refractivity (Wildman–Crippen MR) is 128 cm³/mol. The topological polar surface area (TPSA) is 80.3 Å². The van der Waals surface area contributed by atoms with Gasteiger partial charge >= 0.3 is 0 Å². The van der Waals surface area contributed by atoms with Crippen molar-refractivity contribution in [1.29, 1.82) is 0 Å². The second-order valence-electron chi connectivity index (χ2n) is 7.91. The minimum absolute atomic E-state index is 0. The fourth-order valence-electron chi connectivity index (χ4n) is 3.65. The summed E-state index contributed by atoms with van der Waals surface area (Å²) in [6, 6.07) is -0.0500. The molecule has 8 nitrogen and oxygen atoms in total. The Morgan fingerprint density at radius 1 is 0.931 bits per heavy atom. The van der Waals surface area contributed by atoms with Crippen LogP contribution in [0.3, 0.4) is 0 Å². The van der Waals surface area contributed by atoms with Gasteiger partial charge in [-0.25, -0.2) is 0 Å². The van der Waals surface area contributed by atoms with Crippen molar-refractivity contribution in [3.63, 3.8) is 0 Å². The number of carbonyl (C=O) groups is 2. The average Bonchev–Trinajstić information content (AvgIpc) is 3.24. The number of piperazine rings is 1. The molecule has 1 atom stereocenters. The number of rotatable bonds is 7. The summed E-state index contributed by atoms with van der Waals surface area (Å²) in [6.07, 6.45) is 2.26. The van der Waals surface area contributed by atoms with E-state index >= 15 is 0 Å². The maximum absolute atomic E-state index is 12.6. The van der Waals surface area contributed by atoms with Crippen LogP contribution in [0.15, 0.2) is 4.99 Å². The number of likely N-dealkylation sites (tertiary alicyclic amines) is 1. The van der Waals surface area contributed by atoms with Crippen molar-refractivity contribution in [2.24, 2.45) is 10.9 Å². The summed E-state index contributed by atoms with van der Waals surface area (Å²) in [6.45, 7) is 15.0. The lowest BCUT2D eigenvalue weighted by Gasteiger charge is -2.39. The largest absolute Gasteiger partial charge is 0.357 e. The molecule has 2 rings (SSSR count). The maximum Gasteiger partial charge on any atom is 0.239 e. The standard InChI is InChI=1S/C20H38N6O2.HI/c1-5-21-20(23-9-8-22-18(27)16(2)3)26-14-12-24(13-15-26)17(4)19(28)25-10-6-7-11-25;/h16-17H,5-15H2,1-4H3,(H,21,23)(H,22,27);1H. The van der Waals surface area contributed by atoms with E-state index in [1.54, 1.807) is 0 Å². The molecule has 0 aliphatic carbocycles. The number of halogens is 1. The summed E-state index contributed by atoms with van der Waals surface area (Å²) in [5.41, 5.74) is 0. The minimum atomic E-state index is -0.0500. The summed E-state index contributed by atoms with van der Waals surface area (Å²) in [5, 5.41) is 6.25. The average molecular weight is 522 g/mol. The van der Waals surface area contributed by atoms with Crippen LogP contribution in [0.25, 0.3) is 0 Å². The van der Waals surface area contributed by atoms with Gasteiger partial charge in [0.25, 0.3) is 0 Å². The van der Waals surface area contributed by atoms with E-state index in [1.165, 1.54) is 0 Å². The lowest BCUT2D eigenvalue weighted by Crippen LogP contribution is -2.57. The third-order valence-corrected chi connectivity index (χ3v) is 5.47. The number of hydrogen-bond donors (Lipinski definition) is 2. The molecule has 2 heterocycles. The highest BCUT2D eigenvalue weighted by Crippen LogP contribution is 2.14. The number of guanidine groups is 1. The van der Waals surface area contributed by atoms with E-state index in [-0.39, 0.29) is 47.8 Å². The monoisotopic (exact) mass is 522 g/mol. The van der Waals surface area contributed by atoms with E-state index in [1.807, 2.05) is 25.7 Å². The molecule has 0 radical (unpaired) electrons. The molecule has 1 unspecified atom stereocenters. The summed E-state index contributed by atoms with van der Waals surface area (Å²) in [7, 11) is 0. The zero-order valence-corrected chi connectivity index (χ0v) is 20.8. The van der Waals surface area contributed by atoms with Crippen molar-refractivity contribution in [1.82, 2.24) is 25.3 Å². The highest BCUT2D eigenvalue weighted by molar-refractivity contribution is 14.0. The van der Waals surface area contributed by atoms with E-state index in [9.17, 15) is 9.59 Å². The smallest absolute Gasteiger partial charge is 0.239 e. The van der Waals surface area contributed by atoms with Gasteiger partial charge in [0, 0.05) is 58.3 Å². The molecular weight excluding hydrogens is 483 g/mol. The molecule has 2 N–H and O–H groups in total. The minimum Gasteiger partial charge on any atom is -0.357 e. The molecular formula is C20H39IN6O2. The third kappa shape index (κ3) is 7.92. The molecule has 0 aromatic heterocycles. The van der Waals surface area contributed by atoms with Gasteiger partial charge in [-0.05, 0) is 26.7 Å². The SMILES string of the molecule is CCNC(=NCCNC(=O)C(C)C)N1CCN(C(C)C(=O)N2CCCC2)CC1.I. The van der Waals surface area contributed by atoms with Crippen LogP contribution < -0.4 is 10.6 Å². The molecule has 2 aliphatic rings. The van der Waals surface area contributed by atoms with Crippen molar-refractivity contribution >= 4 is 41.8 Å². The summed E-state index contributed by atoms with van der Waals surface area (Å²) in [4.78, 5) is 35.5. The molecule has 0 aromatic carbocycles. The molecule has 2 amide bonds. The van der Waals surface area contributed by atoms with E-state index in [2.05, 4.69) is 32.3 Å². The number of amides is 2. The fraction of sp³-hybridized carbons (Fsp3) is 0.850. The van der Waals surface area contributed by atoms with Crippen molar-refractivity contribution in [3.05, 3.63) is 0 Å². The molecule has 0 spiro atoms. The summed E-state index contributed by atoms with van der Waals surface area (Å²) >= 11 is 0. The first-order chi connectivity index (χ1) is 13.4. The van der Waals surface area contributed by atoms with Gasteiger partial charge in [0.15, 0.2) is 5.96 Å². The molecule has 2 fully saturated rings. The van der Waals surface area contributed by atoms with E-state index in [4.69, 9.17) is 0 Å². The van der Waals surface area contributed by atoms with Crippen LogP contribution in [0, 0.1) is 5.92 Å². The summed E-state index contributed by atoms with van der Waals surface area (Å²) < 4.78 is 0. The first-order valence-electron chi connectivity index (χ1n) is 10.8. The van der Waals surface area contributed by atoms with Gasteiger partial charge in [-0.2, -0.15) is 0 Å². The third-order valence-electron chi connectivity index (χ3n) is 5.47. The molecule has 2 saturated heterocycles. The number of aliphatic imine (C=N–C) groups is 1. The maximum atomic E-state index is 12.6. The van der Waals surface area contributed by atoms with Gasteiger partial charge in [-0.1, -0.05) is 13.8 Å². The molecule has 2 aliphatic heterocycles. The first kappa shape index (κ1) is 25.9. The lowest BCUT2D eigenvalue weighted by molar-refractivity contribution is -0.135. The second-order valence-corrected chi connectivity index (χ2v) is 7.91. The highest BCUT2D eigenvalue weighted by Gasteiger charge is 2.30. The molecule has 0 saturated carbocycles.